The van der Waals surface area contributed by atoms with Crippen LogP contribution in [0.3, 0.4) is 0 Å². The number of anilines is 1. The zero-order chi connectivity index (χ0) is 16.4. The van der Waals surface area contributed by atoms with Crippen molar-refractivity contribution >= 4 is 26.7 Å². The van der Waals surface area contributed by atoms with Crippen LogP contribution in [0.2, 0.25) is 0 Å². The molecule has 0 saturated heterocycles. The van der Waals surface area contributed by atoms with Gasteiger partial charge in [0.1, 0.15) is 5.65 Å². The predicted molar refractivity (Wildman–Crippen MR) is 91.0 cm³/mol. The van der Waals surface area contributed by atoms with E-state index in [-0.39, 0.29) is 11.9 Å². The summed E-state index contributed by atoms with van der Waals surface area (Å²) in [5.41, 5.74) is 2.15. The molecule has 2 heterocycles. The molecule has 0 radical (unpaired) electrons. The molecular formula is C16H23N3O3S. The third kappa shape index (κ3) is 3.50. The number of nitrogens with one attached hydrogen (secondary N) is 2. The molecule has 0 amide bonds. The summed E-state index contributed by atoms with van der Waals surface area (Å²) < 4.78 is 33.2. The van der Waals surface area contributed by atoms with E-state index in [0.717, 1.165) is 42.3 Å². The van der Waals surface area contributed by atoms with Gasteiger partial charge in [-0.25, -0.2) is 13.4 Å². The number of pyridine rings is 1. The highest BCUT2D eigenvalue weighted by Gasteiger charge is 2.29. The summed E-state index contributed by atoms with van der Waals surface area (Å²) >= 11 is 0. The molecule has 2 aromatic rings. The number of aromatic nitrogens is 2. The van der Waals surface area contributed by atoms with Crippen LogP contribution < -0.4 is 4.72 Å². The minimum Gasteiger partial charge on any atom is -0.380 e. The molecule has 2 aromatic heterocycles. The molecule has 126 valence electrons. The zero-order valence-corrected chi connectivity index (χ0v) is 14.3. The Morgan fingerprint density at radius 2 is 2.17 bits per heavy atom. The maximum Gasteiger partial charge on any atom is 0.235 e. The van der Waals surface area contributed by atoms with Crippen molar-refractivity contribution in [3.05, 3.63) is 24.0 Å². The topological polar surface area (TPSA) is 84.1 Å². The van der Waals surface area contributed by atoms with Gasteiger partial charge in [0.15, 0.2) is 0 Å². The number of aryl methyl sites for hydroxylation is 1. The molecule has 0 aromatic carbocycles. The first-order valence-electron chi connectivity index (χ1n) is 7.96. The number of hydrogen-bond acceptors (Lipinski definition) is 4. The molecule has 2 N–H and O–H groups in total. The SMILES string of the molecule is COC(CS(=O)(=O)Nc1cnc2[nH]ccc2c1C)C1CCCC1. The average molecular weight is 337 g/mol. The summed E-state index contributed by atoms with van der Waals surface area (Å²) in [7, 11) is -1.89. The number of sulfonamides is 1. The van der Waals surface area contributed by atoms with Crippen LogP contribution in [0.4, 0.5) is 5.69 Å². The van der Waals surface area contributed by atoms with Crippen molar-refractivity contribution in [1.29, 1.82) is 0 Å². The Bertz CT molecular complexity index is 779. The Balaban J connectivity index is 1.77. The summed E-state index contributed by atoms with van der Waals surface area (Å²) in [6.45, 7) is 1.89. The van der Waals surface area contributed by atoms with Crippen LogP contribution in [0.25, 0.3) is 11.0 Å². The van der Waals surface area contributed by atoms with Crippen LogP contribution in [-0.4, -0.2) is 37.4 Å². The number of aromatic amines is 1. The highest BCUT2D eigenvalue weighted by atomic mass is 32.2. The fourth-order valence-electron chi connectivity index (χ4n) is 3.40. The van der Waals surface area contributed by atoms with E-state index in [1.807, 2.05) is 13.0 Å². The fourth-order valence-corrected chi connectivity index (χ4v) is 4.86. The summed E-state index contributed by atoms with van der Waals surface area (Å²) in [4.78, 5) is 7.27. The van der Waals surface area contributed by atoms with Crippen molar-refractivity contribution in [2.45, 2.75) is 38.7 Å². The molecule has 1 fully saturated rings. The Morgan fingerprint density at radius 3 is 2.87 bits per heavy atom. The van der Waals surface area contributed by atoms with Gasteiger partial charge in [-0.1, -0.05) is 12.8 Å². The fraction of sp³-hybridized carbons (Fsp3) is 0.562. The highest BCUT2D eigenvalue weighted by Crippen LogP contribution is 2.30. The van der Waals surface area contributed by atoms with Crippen molar-refractivity contribution in [1.82, 2.24) is 9.97 Å². The molecule has 23 heavy (non-hydrogen) atoms. The third-order valence-electron chi connectivity index (χ3n) is 4.73. The number of hydrogen-bond donors (Lipinski definition) is 2. The van der Waals surface area contributed by atoms with Gasteiger partial charge in [0, 0.05) is 18.7 Å². The summed E-state index contributed by atoms with van der Waals surface area (Å²) in [6, 6.07) is 1.89. The van der Waals surface area contributed by atoms with Gasteiger partial charge in [-0.15, -0.1) is 0 Å². The van der Waals surface area contributed by atoms with Gasteiger partial charge in [0.2, 0.25) is 10.0 Å². The molecule has 1 saturated carbocycles. The molecule has 6 nitrogen and oxygen atoms in total. The number of H-pyrrole nitrogens is 1. The smallest absolute Gasteiger partial charge is 0.235 e. The average Bonchev–Trinajstić information content (AvgIpc) is 3.18. The van der Waals surface area contributed by atoms with Crippen LogP contribution in [0, 0.1) is 12.8 Å². The number of rotatable bonds is 6. The number of ether oxygens (including phenoxy) is 1. The largest absolute Gasteiger partial charge is 0.380 e. The lowest BCUT2D eigenvalue weighted by atomic mass is 10.0. The summed E-state index contributed by atoms with van der Waals surface area (Å²) in [6.07, 6.45) is 7.51. The van der Waals surface area contributed by atoms with Crippen LogP contribution in [0.5, 0.6) is 0 Å². The lowest BCUT2D eigenvalue weighted by molar-refractivity contribution is 0.0718. The highest BCUT2D eigenvalue weighted by molar-refractivity contribution is 7.92. The van der Waals surface area contributed by atoms with E-state index in [9.17, 15) is 8.42 Å². The van der Waals surface area contributed by atoms with E-state index in [1.54, 1.807) is 19.5 Å². The monoisotopic (exact) mass is 337 g/mol. The van der Waals surface area contributed by atoms with Gasteiger partial charge in [0.25, 0.3) is 0 Å². The van der Waals surface area contributed by atoms with Crippen molar-refractivity contribution in [2.75, 3.05) is 17.6 Å². The predicted octanol–water partition coefficient (Wildman–Crippen LogP) is 2.82. The van der Waals surface area contributed by atoms with Gasteiger partial charge in [-0.05, 0) is 37.3 Å². The molecule has 7 heteroatoms. The minimum absolute atomic E-state index is 0.0151. The molecular weight excluding hydrogens is 314 g/mol. The summed E-state index contributed by atoms with van der Waals surface area (Å²) in [5.74, 6) is 0.321. The van der Waals surface area contributed by atoms with E-state index in [2.05, 4.69) is 14.7 Å². The van der Waals surface area contributed by atoms with E-state index < -0.39 is 10.0 Å². The molecule has 0 spiro atoms. The Morgan fingerprint density at radius 1 is 1.43 bits per heavy atom. The van der Waals surface area contributed by atoms with Gasteiger partial charge in [-0.2, -0.15) is 0 Å². The molecule has 0 bridgehead atoms. The molecule has 1 aliphatic rings. The zero-order valence-electron chi connectivity index (χ0n) is 13.5. The van der Waals surface area contributed by atoms with Gasteiger partial charge >= 0.3 is 0 Å². The van der Waals surface area contributed by atoms with Gasteiger partial charge < -0.3 is 9.72 Å². The minimum atomic E-state index is -3.48. The Kier molecular flexibility index (Phi) is 4.59. The molecule has 0 aliphatic heterocycles. The quantitative estimate of drug-likeness (QED) is 0.849. The lowest BCUT2D eigenvalue weighted by Crippen LogP contribution is -2.32. The lowest BCUT2D eigenvalue weighted by Gasteiger charge is -2.22. The number of methoxy groups -OCH3 is 1. The second kappa shape index (κ2) is 6.49. The Labute approximate surface area is 136 Å². The standard InChI is InChI=1S/C16H23N3O3S/c1-11-13-7-8-17-16(13)18-9-14(11)19-23(20,21)10-15(22-2)12-5-3-4-6-12/h7-9,12,15,19H,3-6,10H2,1-2H3,(H,17,18). The van der Waals surface area contributed by atoms with Crippen molar-refractivity contribution in [3.63, 3.8) is 0 Å². The normalized spacial score (nSPS) is 17.7. The van der Waals surface area contributed by atoms with E-state index in [1.165, 1.54) is 0 Å². The number of fused-ring (bicyclic) bond motifs is 1. The number of nitrogens with zero attached hydrogens (tertiary/aromatic N) is 1. The van der Waals surface area contributed by atoms with Crippen LogP contribution in [0.15, 0.2) is 18.5 Å². The third-order valence-corrected chi connectivity index (χ3v) is 6.03. The van der Waals surface area contributed by atoms with E-state index >= 15 is 0 Å². The van der Waals surface area contributed by atoms with Crippen molar-refractivity contribution < 1.29 is 13.2 Å². The second-order valence-electron chi connectivity index (χ2n) is 6.24. The van der Waals surface area contributed by atoms with Gasteiger partial charge in [0.05, 0.1) is 23.7 Å². The molecule has 1 unspecified atom stereocenters. The van der Waals surface area contributed by atoms with Crippen LogP contribution in [-0.2, 0) is 14.8 Å². The first-order chi connectivity index (χ1) is 11.0. The summed E-state index contributed by atoms with van der Waals surface area (Å²) in [5, 5.41) is 0.921. The molecule has 3 rings (SSSR count). The van der Waals surface area contributed by atoms with E-state index in [4.69, 9.17) is 4.74 Å². The maximum absolute atomic E-state index is 12.5. The first-order valence-corrected chi connectivity index (χ1v) is 9.61. The maximum atomic E-state index is 12.5. The van der Waals surface area contributed by atoms with Gasteiger partial charge in [-0.3, -0.25) is 4.72 Å². The molecule has 1 atom stereocenters. The van der Waals surface area contributed by atoms with E-state index in [0.29, 0.717) is 11.6 Å². The van der Waals surface area contributed by atoms with Crippen molar-refractivity contribution in [2.24, 2.45) is 5.92 Å². The van der Waals surface area contributed by atoms with Crippen molar-refractivity contribution in [3.8, 4) is 0 Å². The second-order valence-corrected chi connectivity index (χ2v) is 8.01. The first kappa shape index (κ1) is 16.3. The van der Waals surface area contributed by atoms with Crippen LogP contribution in [0.1, 0.15) is 31.2 Å². The van der Waals surface area contributed by atoms with Crippen LogP contribution >= 0.6 is 0 Å². The molecule has 1 aliphatic carbocycles. The Hall–Kier alpha value is -1.60.